The van der Waals surface area contributed by atoms with Gasteiger partial charge in [-0.05, 0) is 42.8 Å². The summed E-state index contributed by atoms with van der Waals surface area (Å²) in [7, 11) is 0. The molecule has 1 amide bonds. The zero-order chi connectivity index (χ0) is 20.1. The molecule has 5 heteroatoms. The number of hydrogen-bond donors (Lipinski definition) is 0. The van der Waals surface area contributed by atoms with E-state index >= 15 is 0 Å². The molecular formula is C24H26N4O. The zero-order valence-electron chi connectivity index (χ0n) is 16.7. The summed E-state index contributed by atoms with van der Waals surface area (Å²) >= 11 is 0. The number of carbonyl (C=O) groups is 1. The third-order valence-electron chi connectivity index (χ3n) is 5.32. The number of aromatic nitrogens is 2. The van der Waals surface area contributed by atoms with Crippen molar-refractivity contribution in [2.75, 3.05) is 32.7 Å². The van der Waals surface area contributed by atoms with E-state index in [1.165, 1.54) is 5.56 Å². The van der Waals surface area contributed by atoms with Crippen LogP contribution in [0.25, 0.3) is 11.8 Å². The summed E-state index contributed by atoms with van der Waals surface area (Å²) in [6.07, 6.45) is 6.13. The topological polar surface area (TPSA) is 41.4 Å². The van der Waals surface area contributed by atoms with Crippen molar-refractivity contribution in [2.24, 2.45) is 0 Å². The minimum atomic E-state index is 0.105. The Morgan fingerprint density at radius 1 is 0.966 bits per heavy atom. The molecule has 1 fully saturated rings. The summed E-state index contributed by atoms with van der Waals surface area (Å²) in [5.74, 6) is 0.105. The molecule has 0 spiro atoms. The Labute approximate surface area is 171 Å². The molecule has 1 aliphatic rings. The van der Waals surface area contributed by atoms with Crippen molar-refractivity contribution >= 4 is 12.0 Å². The molecule has 148 valence electrons. The first-order valence-corrected chi connectivity index (χ1v) is 10.0. The molecule has 1 aromatic heterocycles. The van der Waals surface area contributed by atoms with Crippen LogP contribution in [-0.4, -0.2) is 58.2 Å². The molecule has 1 saturated heterocycles. The van der Waals surface area contributed by atoms with E-state index < -0.39 is 0 Å². The van der Waals surface area contributed by atoms with Crippen LogP contribution in [0.1, 0.15) is 21.6 Å². The van der Waals surface area contributed by atoms with Gasteiger partial charge in [-0.15, -0.1) is 0 Å². The lowest BCUT2D eigenvalue weighted by Crippen LogP contribution is -2.48. The van der Waals surface area contributed by atoms with E-state index in [4.69, 9.17) is 0 Å². The molecule has 0 unspecified atom stereocenters. The van der Waals surface area contributed by atoms with Gasteiger partial charge in [-0.25, -0.2) is 4.68 Å². The molecular weight excluding hydrogens is 360 g/mol. The van der Waals surface area contributed by atoms with Gasteiger partial charge in [0.2, 0.25) is 0 Å². The summed E-state index contributed by atoms with van der Waals surface area (Å²) in [6.45, 7) is 6.25. The smallest absolute Gasteiger partial charge is 0.253 e. The number of benzene rings is 2. The number of carbonyl (C=O) groups excluding carboxylic acids is 1. The molecule has 4 rings (SSSR count). The summed E-state index contributed by atoms with van der Waals surface area (Å²) in [6, 6.07) is 20.0. The van der Waals surface area contributed by atoms with E-state index in [0.717, 1.165) is 49.7 Å². The predicted molar refractivity (Wildman–Crippen MR) is 116 cm³/mol. The predicted octanol–water partition coefficient (Wildman–Crippen LogP) is 3.65. The van der Waals surface area contributed by atoms with Gasteiger partial charge in [-0.1, -0.05) is 42.5 Å². The number of piperazine rings is 1. The first-order chi connectivity index (χ1) is 14.2. The minimum Gasteiger partial charge on any atom is -0.336 e. The number of aryl methyl sites for hydroxylation is 1. The Morgan fingerprint density at radius 2 is 1.69 bits per heavy atom. The second-order valence-corrected chi connectivity index (χ2v) is 7.34. The Kier molecular flexibility index (Phi) is 5.86. The number of hydrogen-bond acceptors (Lipinski definition) is 3. The van der Waals surface area contributed by atoms with Crippen LogP contribution in [0, 0.1) is 6.92 Å². The first-order valence-electron chi connectivity index (χ1n) is 10.0. The Morgan fingerprint density at radius 3 is 2.34 bits per heavy atom. The normalized spacial score (nSPS) is 15.1. The molecule has 0 N–H and O–H groups in total. The van der Waals surface area contributed by atoms with Gasteiger partial charge in [0.1, 0.15) is 0 Å². The molecule has 0 radical (unpaired) electrons. The van der Waals surface area contributed by atoms with Crippen molar-refractivity contribution in [3.8, 4) is 5.69 Å². The highest BCUT2D eigenvalue weighted by molar-refractivity contribution is 5.94. The Bertz CT molecular complexity index is 968. The highest BCUT2D eigenvalue weighted by Gasteiger charge is 2.21. The van der Waals surface area contributed by atoms with Gasteiger partial charge in [0.05, 0.1) is 5.69 Å². The lowest BCUT2D eigenvalue weighted by atomic mass is 10.1. The van der Waals surface area contributed by atoms with Gasteiger partial charge in [-0.3, -0.25) is 9.69 Å². The van der Waals surface area contributed by atoms with Gasteiger partial charge in [-0.2, -0.15) is 5.10 Å². The van der Waals surface area contributed by atoms with E-state index in [9.17, 15) is 4.79 Å². The van der Waals surface area contributed by atoms with E-state index in [0.29, 0.717) is 0 Å². The number of amides is 1. The molecule has 0 saturated carbocycles. The summed E-state index contributed by atoms with van der Waals surface area (Å²) in [5, 5.41) is 4.31. The first kappa shape index (κ1) is 19.2. The maximum atomic E-state index is 12.8. The fourth-order valence-electron chi connectivity index (χ4n) is 3.60. The van der Waals surface area contributed by atoms with Crippen molar-refractivity contribution in [2.45, 2.75) is 6.92 Å². The highest BCUT2D eigenvalue weighted by Crippen LogP contribution is 2.14. The maximum absolute atomic E-state index is 12.8. The maximum Gasteiger partial charge on any atom is 0.253 e. The lowest BCUT2D eigenvalue weighted by Gasteiger charge is -2.34. The monoisotopic (exact) mass is 386 g/mol. The minimum absolute atomic E-state index is 0.105. The molecule has 0 bridgehead atoms. The molecule has 0 atom stereocenters. The van der Waals surface area contributed by atoms with Gasteiger partial charge in [0, 0.05) is 50.2 Å². The molecule has 29 heavy (non-hydrogen) atoms. The highest BCUT2D eigenvalue weighted by atomic mass is 16.2. The van der Waals surface area contributed by atoms with Crippen LogP contribution in [0.3, 0.4) is 0 Å². The molecule has 5 nitrogen and oxygen atoms in total. The number of nitrogens with zero attached hydrogens (tertiary/aromatic N) is 4. The lowest BCUT2D eigenvalue weighted by molar-refractivity contribution is 0.0650. The van der Waals surface area contributed by atoms with Crippen LogP contribution in [0.15, 0.2) is 72.9 Å². The summed E-state index contributed by atoms with van der Waals surface area (Å²) in [4.78, 5) is 17.2. The van der Waals surface area contributed by atoms with Crippen LogP contribution in [0.4, 0.5) is 0 Å². The molecule has 3 aromatic rings. The second-order valence-electron chi connectivity index (χ2n) is 7.34. The molecule has 2 aromatic carbocycles. The largest absolute Gasteiger partial charge is 0.336 e. The third kappa shape index (κ3) is 4.63. The van der Waals surface area contributed by atoms with Gasteiger partial charge >= 0.3 is 0 Å². The molecule has 0 aliphatic carbocycles. The van der Waals surface area contributed by atoms with E-state index in [1.54, 1.807) is 6.20 Å². The van der Waals surface area contributed by atoms with E-state index in [2.05, 4.69) is 34.3 Å². The Hall–Kier alpha value is -3.18. The van der Waals surface area contributed by atoms with Crippen molar-refractivity contribution in [3.05, 3.63) is 89.8 Å². The average Bonchev–Trinajstić information content (AvgIpc) is 3.20. The van der Waals surface area contributed by atoms with E-state index in [1.807, 2.05) is 65.0 Å². The number of rotatable bonds is 5. The van der Waals surface area contributed by atoms with Gasteiger partial charge in [0.15, 0.2) is 0 Å². The van der Waals surface area contributed by atoms with Gasteiger partial charge in [0.25, 0.3) is 5.91 Å². The molecule has 1 aliphatic heterocycles. The van der Waals surface area contributed by atoms with Crippen LogP contribution in [0.2, 0.25) is 0 Å². The fourth-order valence-corrected chi connectivity index (χ4v) is 3.60. The SMILES string of the molecule is Cc1ccnn1-c1ccc(C(=O)N2CCN(C/C=C/c3ccccc3)CC2)cc1. The van der Waals surface area contributed by atoms with Crippen molar-refractivity contribution in [1.29, 1.82) is 0 Å². The summed E-state index contributed by atoms with van der Waals surface area (Å²) < 4.78 is 1.87. The van der Waals surface area contributed by atoms with Crippen LogP contribution in [0.5, 0.6) is 0 Å². The fraction of sp³-hybridized carbons (Fsp3) is 0.250. The third-order valence-corrected chi connectivity index (χ3v) is 5.32. The quantitative estimate of drug-likeness (QED) is 0.672. The van der Waals surface area contributed by atoms with Crippen LogP contribution >= 0.6 is 0 Å². The summed E-state index contributed by atoms with van der Waals surface area (Å²) in [5.41, 5.74) is 3.99. The average molecular weight is 386 g/mol. The van der Waals surface area contributed by atoms with Crippen molar-refractivity contribution in [1.82, 2.24) is 19.6 Å². The molecule has 2 heterocycles. The Balaban J connectivity index is 1.30. The van der Waals surface area contributed by atoms with Crippen LogP contribution in [-0.2, 0) is 0 Å². The standard InChI is InChI=1S/C24H26N4O/c1-20-13-14-25-28(20)23-11-9-22(10-12-23)24(29)27-18-16-26(17-19-27)15-5-8-21-6-3-2-4-7-21/h2-14H,15-19H2,1H3/b8-5+. The second kappa shape index (κ2) is 8.88. The van der Waals surface area contributed by atoms with Crippen molar-refractivity contribution in [3.63, 3.8) is 0 Å². The van der Waals surface area contributed by atoms with Crippen LogP contribution < -0.4 is 0 Å². The van der Waals surface area contributed by atoms with E-state index in [-0.39, 0.29) is 5.91 Å². The zero-order valence-corrected chi connectivity index (χ0v) is 16.7. The van der Waals surface area contributed by atoms with Gasteiger partial charge < -0.3 is 4.90 Å². The van der Waals surface area contributed by atoms with Crippen molar-refractivity contribution < 1.29 is 4.79 Å².